The molecular weight excluding hydrogens is 332 g/mol. The number of guanidine groups is 1. The molecule has 1 aromatic heterocycles. The van der Waals surface area contributed by atoms with Crippen molar-refractivity contribution in [1.82, 2.24) is 25.4 Å². The van der Waals surface area contributed by atoms with E-state index in [1.807, 2.05) is 36.7 Å². The molecule has 2 N–H and O–H groups in total. The number of rotatable bonds is 8. The highest BCUT2D eigenvalue weighted by atomic mass is 16.5. The lowest BCUT2D eigenvalue weighted by Gasteiger charge is -2.12. The standard InChI is InChI=1S/C18H26N6O2/c1-6-9-19-18(21-12-17-23-22-13(2)24(17)3)20-11-14-7-8-15(25-4)16(10-14)26-5/h6-8,10H,1,9,11-12H2,2-5H3,(H2,19,20,21). The van der Waals surface area contributed by atoms with Crippen LogP contribution in [0, 0.1) is 6.92 Å². The fourth-order valence-corrected chi connectivity index (χ4v) is 2.26. The van der Waals surface area contributed by atoms with Crippen molar-refractivity contribution in [1.29, 1.82) is 0 Å². The van der Waals surface area contributed by atoms with Crippen molar-refractivity contribution in [2.45, 2.75) is 20.0 Å². The summed E-state index contributed by atoms with van der Waals surface area (Å²) in [6, 6.07) is 5.75. The van der Waals surface area contributed by atoms with Gasteiger partial charge in [-0.25, -0.2) is 4.99 Å². The Morgan fingerprint density at radius 2 is 2.00 bits per heavy atom. The molecule has 0 aliphatic heterocycles. The van der Waals surface area contributed by atoms with Crippen molar-refractivity contribution >= 4 is 5.96 Å². The minimum Gasteiger partial charge on any atom is -0.493 e. The first-order valence-electron chi connectivity index (χ1n) is 8.27. The van der Waals surface area contributed by atoms with Gasteiger partial charge in [0.25, 0.3) is 0 Å². The molecule has 0 unspecified atom stereocenters. The minimum atomic E-state index is 0.491. The quantitative estimate of drug-likeness (QED) is 0.423. The predicted molar refractivity (Wildman–Crippen MR) is 101 cm³/mol. The van der Waals surface area contributed by atoms with Gasteiger partial charge in [-0.05, 0) is 24.6 Å². The molecule has 0 amide bonds. The van der Waals surface area contributed by atoms with E-state index >= 15 is 0 Å². The molecule has 0 fully saturated rings. The van der Waals surface area contributed by atoms with Gasteiger partial charge >= 0.3 is 0 Å². The van der Waals surface area contributed by atoms with E-state index in [9.17, 15) is 0 Å². The van der Waals surface area contributed by atoms with E-state index in [2.05, 4.69) is 32.4 Å². The summed E-state index contributed by atoms with van der Waals surface area (Å²) in [5.41, 5.74) is 1.01. The Bertz CT molecular complexity index is 769. The molecule has 140 valence electrons. The fourth-order valence-electron chi connectivity index (χ4n) is 2.26. The van der Waals surface area contributed by atoms with Crippen LogP contribution in [0.5, 0.6) is 11.5 Å². The summed E-state index contributed by atoms with van der Waals surface area (Å²) >= 11 is 0. The number of aromatic nitrogens is 3. The van der Waals surface area contributed by atoms with Crippen LogP contribution in [0.1, 0.15) is 17.2 Å². The molecule has 0 aliphatic carbocycles. The van der Waals surface area contributed by atoms with Crippen molar-refractivity contribution in [3.63, 3.8) is 0 Å². The second kappa shape index (κ2) is 9.45. The lowest BCUT2D eigenvalue weighted by Crippen LogP contribution is -2.37. The largest absolute Gasteiger partial charge is 0.493 e. The molecule has 0 aliphatic rings. The summed E-state index contributed by atoms with van der Waals surface area (Å²) in [5, 5.41) is 14.7. The molecule has 1 aromatic carbocycles. The molecule has 8 nitrogen and oxygen atoms in total. The highest BCUT2D eigenvalue weighted by Crippen LogP contribution is 2.27. The van der Waals surface area contributed by atoms with Gasteiger partial charge in [-0.15, -0.1) is 16.8 Å². The zero-order chi connectivity index (χ0) is 18.9. The van der Waals surface area contributed by atoms with Gasteiger partial charge in [-0.2, -0.15) is 0 Å². The first kappa shape index (κ1) is 19.3. The number of methoxy groups -OCH3 is 2. The van der Waals surface area contributed by atoms with Crippen LogP contribution in [-0.4, -0.2) is 41.5 Å². The Morgan fingerprint density at radius 1 is 1.23 bits per heavy atom. The molecule has 2 aromatic rings. The van der Waals surface area contributed by atoms with Gasteiger partial charge in [0.05, 0.1) is 27.3 Å². The first-order chi connectivity index (χ1) is 12.6. The predicted octanol–water partition coefficient (Wildman–Crippen LogP) is 1.56. The third kappa shape index (κ3) is 4.98. The SMILES string of the molecule is C=CCNC(=NCc1ccc(OC)c(OC)c1)NCc1nnc(C)n1C. The lowest BCUT2D eigenvalue weighted by molar-refractivity contribution is 0.354. The Kier molecular flexibility index (Phi) is 7.02. The molecule has 0 bridgehead atoms. The first-order valence-corrected chi connectivity index (χ1v) is 8.27. The lowest BCUT2D eigenvalue weighted by atomic mass is 10.2. The third-order valence-electron chi connectivity index (χ3n) is 3.88. The van der Waals surface area contributed by atoms with Crippen molar-refractivity contribution in [3.8, 4) is 11.5 Å². The number of hydrogen-bond acceptors (Lipinski definition) is 5. The highest BCUT2D eigenvalue weighted by Gasteiger charge is 2.07. The van der Waals surface area contributed by atoms with E-state index in [1.54, 1.807) is 20.3 Å². The normalized spacial score (nSPS) is 11.2. The zero-order valence-corrected chi connectivity index (χ0v) is 15.7. The van der Waals surface area contributed by atoms with E-state index in [0.29, 0.717) is 37.1 Å². The van der Waals surface area contributed by atoms with Gasteiger partial charge in [-0.3, -0.25) is 0 Å². The smallest absolute Gasteiger partial charge is 0.192 e. The number of aliphatic imine (C=N–C) groups is 1. The van der Waals surface area contributed by atoms with Crippen LogP contribution in [-0.2, 0) is 20.1 Å². The van der Waals surface area contributed by atoms with E-state index in [0.717, 1.165) is 17.2 Å². The van der Waals surface area contributed by atoms with Gasteiger partial charge < -0.3 is 24.7 Å². The number of benzene rings is 1. The highest BCUT2D eigenvalue weighted by molar-refractivity contribution is 5.79. The molecule has 0 atom stereocenters. The van der Waals surface area contributed by atoms with E-state index in [1.165, 1.54) is 0 Å². The average Bonchev–Trinajstić information content (AvgIpc) is 2.99. The molecule has 0 radical (unpaired) electrons. The molecule has 1 heterocycles. The molecule has 0 saturated carbocycles. The summed E-state index contributed by atoms with van der Waals surface area (Å²) in [6.07, 6.45) is 1.78. The summed E-state index contributed by atoms with van der Waals surface area (Å²) < 4.78 is 12.5. The fraction of sp³-hybridized carbons (Fsp3) is 0.389. The molecule has 0 spiro atoms. The van der Waals surface area contributed by atoms with Crippen LogP contribution in [0.2, 0.25) is 0 Å². The van der Waals surface area contributed by atoms with Gasteiger partial charge in [0.2, 0.25) is 0 Å². The Balaban J connectivity index is 2.07. The van der Waals surface area contributed by atoms with Gasteiger partial charge in [0.1, 0.15) is 5.82 Å². The van der Waals surface area contributed by atoms with Gasteiger partial charge in [0.15, 0.2) is 23.3 Å². The van der Waals surface area contributed by atoms with Crippen LogP contribution in [0.25, 0.3) is 0 Å². The van der Waals surface area contributed by atoms with Crippen molar-refractivity contribution in [3.05, 3.63) is 48.1 Å². The third-order valence-corrected chi connectivity index (χ3v) is 3.88. The molecule has 8 heteroatoms. The van der Waals surface area contributed by atoms with Crippen LogP contribution in [0.3, 0.4) is 0 Å². The maximum absolute atomic E-state index is 5.33. The minimum absolute atomic E-state index is 0.491. The topological polar surface area (TPSA) is 85.6 Å². The molecule has 2 rings (SSSR count). The Hall–Kier alpha value is -3.03. The monoisotopic (exact) mass is 358 g/mol. The maximum atomic E-state index is 5.33. The van der Waals surface area contributed by atoms with E-state index in [-0.39, 0.29) is 0 Å². The molecule has 0 saturated heterocycles. The number of nitrogens with zero attached hydrogens (tertiary/aromatic N) is 4. The van der Waals surface area contributed by atoms with Crippen molar-refractivity contribution < 1.29 is 9.47 Å². The van der Waals surface area contributed by atoms with Crippen molar-refractivity contribution in [2.75, 3.05) is 20.8 Å². The van der Waals surface area contributed by atoms with Crippen LogP contribution >= 0.6 is 0 Å². The Morgan fingerprint density at radius 3 is 2.62 bits per heavy atom. The summed E-state index contributed by atoms with van der Waals surface area (Å²) in [7, 11) is 5.17. The second-order valence-electron chi connectivity index (χ2n) is 5.60. The second-order valence-corrected chi connectivity index (χ2v) is 5.60. The number of ether oxygens (including phenoxy) is 2. The van der Waals surface area contributed by atoms with Crippen LogP contribution in [0.15, 0.2) is 35.8 Å². The summed E-state index contributed by atoms with van der Waals surface area (Å²) in [5.74, 6) is 3.75. The molecular formula is C18H26N6O2. The number of nitrogens with one attached hydrogen (secondary N) is 2. The van der Waals surface area contributed by atoms with Crippen LogP contribution < -0.4 is 20.1 Å². The maximum Gasteiger partial charge on any atom is 0.192 e. The summed E-state index contributed by atoms with van der Waals surface area (Å²) in [6.45, 7) is 7.26. The average molecular weight is 358 g/mol. The van der Waals surface area contributed by atoms with Crippen molar-refractivity contribution in [2.24, 2.45) is 12.0 Å². The summed E-state index contributed by atoms with van der Waals surface area (Å²) in [4.78, 5) is 4.61. The van der Waals surface area contributed by atoms with E-state index in [4.69, 9.17) is 9.47 Å². The molecule has 26 heavy (non-hydrogen) atoms. The van der Waals surface area contributed by atoms with E-state index < -0.39 is 0 Å². The van der Waals surface area contributed by atoms with Crippen LogP contribution in [0.4, 0.5) is 0 Å². The van der Waals surface area contributed by atoms with Gasteiger partial charge in [0, 0.05) is 13.6 Å². The number of hydrogen-bond donors (Lipinski definition) is 2. The number of aryl methyl sites for hydroxylation is 1. The Labute approximate surface area is 153 Å². The zero-order valence-electron chi connectivity index (χ0n) is 15.7. The van der Waals surface area contributed by atoms with Gasteiger partial charge in [-0.1, -0.05) is 12.1 Å².